The van der Waals surface area contributed by atoms with Crippen molar-refractivity contribution in [1.82, 2.24) is 9.78 Å². The van der Waals surface area contributed by atoms with Crippen LogP contribution in [0.25, 0.3) is 0 Å². The summed E-state index contributed by atoms with van der Waals surface area (Å²) in [7, 11) is 0. The fourth-order valence-corrected chi connectivity index (χ4v) is 1.55. The van der Waals surface area contributed by atoms with Gasteiger partial charge < -0.3 is 5.32 Å². The van der Waals surface area contributed by atoms with Crippen molar-refractivity contribution in [3.8, 4) is 0 Å². The number of rotatable bonds is 4. The highest BCUT2D eigenvalue weighted by molar-refractivity contribution is 5.43. The Labute approximate surface area is 100 Å². The van der Waals surface area contributed by atoms with Crippen molar-refractivity contribution in [3.05, 3.63) is 48.0 Å². The van der Waals surface area contributed by atoms with Gasteiger partial charge >= 0.3 is 0 Å². The maximum Gasteiger partial charge on any atom is 0.125 e. The summed E-state index contributed by atoms with van der Waals surface area (Å²) in [6.45, 7) is 4.76. The molecular weight excluding hydrogens is 217 g/mol. The molecule has 0 amide bonds. The number of nitrogens with zero attached hydrogens (tertiary/aromatic N) is 2. The van der Waals surface area contributed by atoms with Crippen LogP contribution < -0.4 is 5.32 Å². The molecule has 90 valence electrons. The van der Waals surface area contributed by atoms with E-state index in [-0.39, 0.29) is 5.82 Å². The van der Waals surface area contributed by atoms with E-state index in [2.05, 4.69) is 24.3 Å². The summed E-state index contributed by atoms with van der Waals surface area (Å²) in [6.07, 6.45) is 1.95. The van der Waals surface area contributed by atoms with Gasteiger partial charge in [-0.3, -0.25) is 4.68 Å². The Morgan fingerprint density at radius 1 is 1.35 bits per heavy atom. The van der Waals surface area contributed by atoms with Crippen LogP contribution in [0.4, 0.5) is 10.1 Å². The second kappa shape index (κ2) is 4.99. The number of hydrogen-bond acceptors (Lipinski definition) is 2. The monoisotopic (exact) mass is 233 g/mol. The molecule has 0 unspecified atom stereocenters. The molecule has 4 heteroatoms. The molecule has 3 nitrogen and oxygen atoms in total. The molecule has 1 N–H and O–H groups in total. The van der Waals surface area contributed by atoms with Gasteiger partial charge in [0.15, 0.2) is 0 Å². The zero-order valence-corrected chi connectivity index (χ0v) is 10.0. The van der Waals surface area contributed by atoms with Gasteiger partial charge in [0, 0.05) is 17.9 Å². The molecule has 0 atom stereocenters. The van der Waals surface area contributed by atoms with Gasteiger partial charge in [-0.1, -0.05) is 6.07 Å². The number of anilines is 1. The standard InChI is InChI=1S/C13H16FN3/c1-10(2)17-7-6-13(16-17)9-15-12-5-3-4-11(14)8-12/h3-8,10,15H,9H2,1-2H3. The lowest BCUT2D eigenvalue weighted by Gasteiger charge is -2.05. The Kier molecular flexibility index (Phi) is 3.42. The first-order valence-electron chi connectivity index (χ1n) is 5.68. The molecule has 2 aromatic rings. The maximum atomic E-state index is 12.9. The number of benzene rings is 1. The molecule has 0 aliphatic rings. The molecule has 0 spiro atoms. The van der Waals surface area contributed by atoms with Crippen molar-refractivity contribution in [2.24, 2.45) is 0 Å². The van der Waals surface area contributed by atoms with Gasteiger partial charge in [-0.25, -0.2) is 4.39 Å². The van der Waals surface area contributed by atoms with Gasteiger partial charge in [-0.15, -0.1) is 0 Å². The number of hydrogen-bond donors (Lipinski definition) is 1. The largest absolute Gasteiger partial charge is 0.379 e. The molecule has 1 aromatic carbocycles. The van der Waals surface area contributed by atoms with Crippen LogP contribution in [0.15, 0.2) is 36.5 Å². The summed E-state index contributed by atoms with van der Waals surface area (Å²) >= 11 is 0. The predicted octanol–water partition coefficient (Wildman–Crippen LogP) is 3.22. The van der Waals surface area contributed by atoms with Gasteiger partial charge in [0.2, 0.25) is 0 Å². The minimum atomic E-state index is -0.234. The zero-order valence-electron chi connectivity index (χ0n) is 10.0. The van der Waals surface area contributed by atoms with Gasteiger partial charge in [-0.05, 0) is 38.1 Å². The number of nitrogens with one attached hydrogen (secondary N) is 1. The second-order valence-corrected chi connectivity index (χ2v) is 4.24. The summed E-state index contributed by atoms with van der Waals surface area (Å²) in [5, 5.41) is 7.55. The molecule has 0 saturated carbocycles. The van der Waals surface area contributed by atoms with Crippen LogP contribution in [0.2, 0.25) is 0 Å². The minimum absolute atomic E-state index is 0.234. The van der Waals surface area contributed by atoms with E-state index in [1.54, 1.807) is 6.07 Å². The Hall–Kier alpha value is -1.84. The number of halogens is 1. The first kappa shape index (κ1) is 11.6. The Morgan fingerprint density at radius 3 is 2.82 bits per heavy atom. The highest BCUT2D eigenvalue weighted by Crippen LogP contribution is 2.11. The van der Waals surface area contributed by atoms with E-state index in [1.165, 1.54) is 12.1 Å². The Bertz CT molecular complexity index is 491. The van der Waals surface area contributed by atoms with E-state index >= 15 is 0 Å². The van der Waals surface area contributed by atoms with Crippen molar-refractivity contribution in [2.75, 3.05) is 5.32 Å². The van der Waals surface area contributed by atoms with Gasteiger partial charge in [0.05, 0.1) is 12.2 Å². The summed E-state index contributed by atoms with van der Waals surface area (Å²) in [4.78, 5) is 0. The lowest BCUT2D eigenvalue weighted by Crippen LogP contribution is -2.04. The summed E-state index contributed by atoms with van der Waals surface area (Å²) in [5.41, 5.74) is 1.71. The predicted molar refractivity (Wildman–Crippen MR) is 66.3 cm³/mol. The van der Waals surface area contributed by atoms with Crippen LogP contribution in [0, 0.1) is 5.82 Å². The van der Waals surface area contributed by atoms with Gasteiger partial charge in [0.25, 0.3) is 0 Å². The smallest absolute Gasteiger partial charge is 0.125 e. The van der Waals surface area contributed by atoms with Crippen LogP contribution in [-0.2, 0) is 6.54 Å². The quantitative estimate of drug-likeness (QED) is 0.878. The normalized spacial score (nSPS) is 10.8. The minimum Gasteiger partial charge on any atom is -0.379 e. The SMILES string of the molecule is CC(C)n1ccc(CNc2cccc(F)c2)n1. The lowest BCUT2D eigenvalue weighted by atomic mass is 10.3. The van der Waals surface area contributed by atoms with E-state index in [9.17, 15) is 4.39 Å². The molecule has 0 aliphatic carbocycles. The lowest BCUT2D eigenvalue weighted by molar-refractivity contribution is 0.527. The van der Waals surface area contributed by atoms with E-state index in [0.29, 0.717) is 12.6 Å². The van der Waals surface area contributed by atoms with Crippen molar-refractivity contribution >= 4 is 5.69 Å². The number of aromatic nitrogens is 2. The second-order valence-electron chi connectivity index (χ2n) is 4.24. The molecule has 0 radical (unpaired) electrons. The first-order chi connectivity index (χ1) is 8.15. The van der Waals surface area contributed by atoms with Gasteiger partial charge in [-0.2, -0.15) is 5.10 Å². The van der Waals surface area contributed by atoms with Crippen LogP contribution in [0.3, 0.4) is 0 Å². The van der Waals surface area contributed by atoms with Crippen LogP contribution in [-0.4, -0.2) is 9.78 Å². The first-order valence-corrected chi connectivity index (χ1v) is 5.68. The molecular formula is C13H16FN3. The molecule has 0 aliphatic heterocycles. The van der Waals surface area contributed by atoms with E-state index in [1.807, 2.05) is 23.0 Å². The van der Waals surface area contributed by atoms with Crippen molar-refractivity contribution < 1.29 is 4.39 Å². The fourth-order valence-electron chi connectivity index (χ4n) is 1.55. The fraction of sp³-hybridized carbons (Fsp3) is 0.308. The third-order valence-corrected chi connectivity index (χ3v) is 2.49. The topological polar surface area (TPSA) is 29.9 Å². The third-order valence-electron chi connectivity index (χ3n) is 2.49. The highest BCUT2D eigenvalue weighted by atomic mass is 19.1. The average Bonchev–Trinajstić information content (AvgIpc) is 2.75. The molecule has 0 bridgehead atoms. The molecule has 0 fully saturated rings. The summed E-state index contributed by atoms with van der Waals surface area (Å²) in [5.74, 6) is -0.234. The van der Waals surface area contributed by atoms with E-state index in [0.717, 1.165) is 11.4 Å². The van der Waals surface area contributed by atoms with E-state index < -0.39 is 0 Å². The van der Waals surface area contributed by atoms with Crippen molar-refractivity contribution in [1.29, 1.82) is 0 Å². The molecule has 2 rings (SSSR count). The molecule has 1 heterocycles. The zero-order chi connectivity index (χ0) is 12.3. The molecule has 0 saturated heterocycles. The van der Waals surface area contributed by atoms with E-state index in [4.69, 9.17) is 0 Å². The summed E-state index contributed by atoms with van der Waals surface area (Å²) in [6, 6.07) is 8.75. The highest BCUT2D eigenvalue weighted by Gasteiger charge is 2.02. The average molecular weight is 233 g/mol. The molecule has 17 heavy (non-hydrogen) atoms. The Morgan fingerprint density at radius 2 is 2.18 bits per heavy atom. The van der Waals surface area contributed by atoms with Crippen molar-refractivity contribution in [3.63, 3.8) is 0 Å². The Balaban J connectivity index is 1.97. The van der Waals surface area contributed by atoms with Crippen LogP contribution >= 0.6 is 0 Å². The maximum absolute atomic E-state index is 12.9. The summed E-state index contributed by atoms with van der Waals surface area (Å²) < 4.78 is 14.8. The van der Waals surface area contributed by atoms with Crippen molar-refractivity contribution in [2.45, 2.75) is 26.4 Å². The van der Waals surface area contributed by atoms with Gasteiger partial charge in [0.1, 0.15) is 5.82 Å². The third kappa shape index (κ3) is 3.06. The molecule has 1 aromatic heterocycles. The van der Waals surface area contributed by atoms with Crippen LogP contribution in [0.5, 0.6) is 0 Å². The van der Waals surface area contributed by atoms with Crippen LogP contribution in [0.1, 0.15) is 25.6 Å².